The van der Waals surface area contributed by atoms with Crippen molar-refractivity contribution in [2.45, 2.75) is 18.7 Å². The van der Waals surface area contributed by atoms with Crippen LogP contribution in [0.1, 0.15) is 19.4 Å². The van der Waals surface area contributed by atoms with Crippen LogP contribution in [0.15, 0.2) is 48.5 Å². The Balaban J connectivity index is 2.25. The van der Waals surface area contributed by atoms with Crippen molar-refractivity contribution in [1.82, 2.24) is 0 Å². The van der Waals surface area contributed by atoms with Gasteiger partial charge in [0.1, 0.15) is 0 Å². The summed E-state index contributed by atoms with van der Waals surface area (Å²) >= 11 is 6.30. The van der Waals surface area contributed by atoms with E-state index >= 15 is 0 Å². The average Bonchev–Trinajstić information content (AvgIpc) is 2.55. The molecule has 2 rings (SSSR count). The van der Waals surface area contributed by atoms with E-state index in [2.05, 4.69) is 0 Å². The van der Waals surface area contributed by atoms with E-state index < -0.39 is 15.8 Å². The lowest BCUT2D eigenvalue weighted by Gasteiger charge is -2.20. The third-order valence-electron chi connectivity index (χ3n) is 3.50. The van der Waals surface area contributed by atoms with Crippen molar-refractivity contribution in [1.29, 1.82) is 0 Å². The third kappa shape index (κ3) is 3.68. The van der Waals surface area contributed by atoms with Crippen LogP contribution >= 0.6 is 11.6 Å². The summed E-state index contributed by atoms with van der Waals surface area (Å²) < 4.78 is 4.98. The van der Waals surface area contributed by atoms with E-state index in [1.807, 2.05) is 12.1 Å². The zero-order valence-corrected chi connectivity index (χ0v) is 13.5. The Hall–Kier alpha value is -2.40. The number of nitro benzene ring substituents is 1. The maximum atomic E-state index is 11.9. The maximum absolute atomic E-state index is 11.9. The van der Waals surface area contributed by atoms with Crippen LogP contribution in [0, 0.1) is 10.1 Å². The predicted octanol–water partition coefficient (Wildman–Crippen LogP) is 4.28. The number of nitrogens with zero attached hydrogens (tertiary/aromatic N) is 1. The number of non-ortho nitro benzene ring substituents is 1. The monoisotopic (exact) mass is 333 g/mol. The van der Waals surface area contributed by atoms with Gasteiger partial charge in [-0.3, -0.25) is 10.1 Å². The minimum absolute atomic E-state index is 0.0426. The first-order valence-corrected chi connectivity index (χ1v) is 7.45. The first-order valence-electron chi connectivity index (χ1n) is 7.07. The van der Waals surface area contributed by atoms with Gasteiger partial charge in [0.15, 0.2) is 4.87 Å². The summed E-state index contributed by atoms with van der Waals surface area (Å²) in [5.41, 5.74) is 2.39. The zero-order chi connectivity index (χ0) is 17.0. The Bertz CT molecular complexity index is 708. The van der Waals surface area contributed by atoms with Gasteiger partial charge in [0, 0.05) is 12.1 Å². The van der Waals surface area contributed by atoms with Crippen molar-refractivity contribution in [3.05, 3.63) is 64.2 Å². The van der Waals surface area contributed by atoms with E-state index in [0.717, 1.165) is 11.1 Å². The first kappa shape index (κ1) is 17.0. The molecule has 2 aromatic rings. The summed E-state index contributed by atoms with van der Waals surface area (Å²) in [6.45, 7) is 3.58. The van der Waals surface area contributed by atoms with Gasteiger partial charge in [0.05, 0.1) is 11.5 Å². The van der Waals surface area contributed by atoms with Gasteiger partial charge < -0.3 is 4.74 Å². The molecule has 0 spiro atoms. The summed E-state index contributed by atoms with van der Waals surface area (Å²) in [6.07, 6.45) is 0. The van der Waals surface area contributed by atoms with Crippen molar-refractivity contribution in [3.63, 3.8) is 0 Å². The van der Waals surface area contributed by atoms with Crippen molar-refractivity contribution in [2.24, 2.45) is 0 Å². The lowest BCUT2D eigenvalue weighted by molar-refractivity contribution is -0.384. The smallest absolute Gasteiger partial charge is 0.331 e. The highest BCUT2D eigenvalue weighted by atomic mass is 35.5. The summed E-state index contributed by atoms with van der Waals surface area (Å²) in [5.74, 6) is -0.496. The Morgan fingerprint density at radius 2 is 1.61 bits per heavy atom. The topological polar surface area (TPSA) is 69.4 Å². The number of hydrogen-bond acceptors (Lipinski definition) is 4. The van der Waals surface area contributed by atoms with Crippen LogP contribution in [-0.4, -0.2) is 17.5 Å². The molecule has 0 fully saturated rings. The van der Waals surface area contributed by atoms with E-state index in [1.54, 1.807) is 38.1 Å². The highest BCUT2D eigenvalue weighted by Crippen LogP contribution is 2.32. The van der Waals surface area contributed by atoms with Gasteiger partial charge in [-0.2, -0.15) is 0 Å². The van der Waals surface area contributed by atoms with E-state index in [9.17, 15) is 14.9 Å². The Labute approximate surface area is 139 Å². The molecule has 1 unspecified atom stereocenters. The first-order chi connectivity index (χ1) is 10.9. The zero-order valence-electron chi connectivity index (χ0n) is 12.8. The molecule has 2 aromatic carbocycles. The van der Waals surface area contributed by atoms with E-state index in [4.69, 9.17) is 16.3 Å². The van der Waals surface area contributed by atoms with E-state index in [-0.39, 0.29) is 12.3 Å². The molecule has 0 heterocycles. The van der Waals surface area contributed by atoms with Crippen LogP contribution in [0.4, 0.5) is 5.69 Å². The number of nitro groups is 1. The van der Waals surface area contributed by atoms with Crippen molar-refractivity contribution < 1.29 is 14.5 Å². The van der Waals surface area contributed by atoms with Crippen LogP contribution in [0.3, 0.4) is 0 Å². The van der Waals surface area contributed by atoms with E-state index in [0.29, 0.717) is 5.56 Å². The number of carbonyl (C=O) groups excluding carboxylic acids is 1. The van der Waals surface area contributed by atoms with Gasteiger partial charge >= 0.3 is 5.97 Å². The number of carbonyl (C=O) groups is 1. The van der Waals surface area contributed by atoms with Gasteiger partial charge in [-0.05, 0) is 42.7 Å². The number of hydrogen-bond donors (Lipinski definition) is 0. The fourth-order valence-corrected chi connectivity index (χ4v) is 2.32. The van der Waals surface area contributed by atoms with Crippen LogP contribution in [-0.2, 0) is 14.4 Å². The molecule has 0 radical (unpaired) electrons. The molecular formula is C17H16ClNO4. The third-order valence-corrected chi connectivity index (χ3v) is 3.87. The quantitative estimate of drug-likeness (QED) is 0.354. The van der Waals surface area contributed by atoms with Crippen molar-refractivity contribution >= 4 is 23.3 Å². The summed E-state index contributed by atoms with van der Waals surface area (Å²) in [4.78, 5) is 20.9. The maximum Gasteiger partial charge on any atom is 0.331 e. The highest BCUT2D eigenvalue weighted by Gasteiger charge is 2.34. The molecule has 0 bridgehead atoms. The summed E-state index contributed by atoms with van der Waals surface area (Å²) in [5, 5.41) is 10.7. The molecule has 120 valence electrons. The second kappa shape index (κ2) is 6.79. The van der Waals surface area contributed by atoms with E-state index in [1.165, 1.54) is 12.1 Å². The van der Waals surface area contributed by atoms with Gasteiger partial charge in [0.2, 0.25) is 0 Å². The molecule has 0 saturated heterocycles. The minimum atomic E-state index is -1.25. The summed E-state index contributed by atoms with van der Waals surface area (Å²) in [7, 11) is 0. The fraction of sp³-hybridized carbons (Fsp3) is 0.235. The minimum Gasteiger partial charge on any atom is -0.464 e. The molecule has 0 aliphatic rings. The Morgan fingerprint density at radius 3 is 2.04 bits per heavy atom. The van der Waals surface area contributed by atoms with Crippen LogP contribution in [0.2, 0.25) is 0 Å². The fourth-order valence-electron chi connectivity index (χ4n) is 2.14. The Kier molecular flexibility index (Phi) is 5.01. The van der Waals surface area contributed by atoms with Gasteiger partial charge in [-0.15, -0.1) is 11.6 Å². The molecule has 0 saturated carbocycles. The molecule has 1 atom stereocenters. The average molecular weight is 334 g/mol. The number of halogens is 1. The molecule has 23 heavy (non-hydrogen) atoms. The van der Waals surface area contributed by atoms with Crippen molar-refractivity contribution in [2.75, 3.05) is 6.61 Å². The molecule has 0 aromatic heterocycles. The largest absolute Gasteiger partial charge is 0.464 e. The molecule has 0 N–H and O–H groups in total. The molecule has 6 heteroatoms. The lowest BCUT2D eigenvalue weighted by Crippen LogP contribution is -2.28. The second-order valence-corrected chi connectivity index (χ2v) is 5.86. The Morgan fingerprint density at radius 1 is 1.13 bits per heavy atom. The van der Waals surface area contributed by atoms with Crippen LogP contribution in [0.25, 0.3) is 11.1 Å². The number of ether oxygens (including phenoxy) is 1. The van der Waals surface area contributed by atoms with Gasteiger partial charge in [-0.25, -0.2) is 4.79 Å². The predicted molar refractivity (Wildman–Crippen MR) is 88.4 cm³/mol. The highest BCUT2D eigenvalue weighted by molar-refractivity contribution is 6.33. The normalized spacial score (nSPS) is 13.2. The second-order valence-electron chi connectivity index (χ2n) is 5.10. The van der Waals surface area contributed by atoms with Crippen molar-refractivity contribution in [3.8, 4) is 11.1 Å². The molecule has 5 nitrogen and oxygen atoms in total. The van der Waals surface area contributed by atoms with Gasteiger partial charge in [-0.1, -0.05) is 24.3 Å². The molecule has 0 aliphatic heterocycles. The molecule has 0 amide bonds. The standard InChI is InChI=1S/C17H16ClNO4/c1-3-23-16(20)17(2,18)14-8-4-12(5-9-14)13-6-10-15(11-7-13)19(21)22/h4-11H,3H2,1-2H3. The summed E-state index contributed by atoms with van der Waals surface area (Å²) in [6, 6.07) is 13.4. The number of esters is 1. The number of alkyl halides is 1. The van der Waals surface area contributed by atoms with Crippen LogP contribution < -0.4 is 0 Å². The number of rotatable bonds is 5. The van der Waals surface area contributed by atoms with Crippen LogP contribution in [0.5, 0.6) is 0 Å². The molecule has 0 aliphatic carbocycles. The molecular weight excluding hydrogens is 318 g/mol. The van der Waals surface area contributed by atoms with Gasteiger partial charge in [0.25, 0.3) is 5.69 Å². The SMILES string of the molecule is CCOC(=O)C(C)(Cl)c1ccc(-c2ccc([N+](=O)[O-])cc2)cc1. The lowest BCUT2D eigenvalue weighted by atomic mass is 9.97. The number of benzene rings is 2.